The van der Waals surface area contributed by atoms with Crippen LogP contribution in [0.3, 0.4) is 0 Å². The van der Waals surface area contributed by atoms with Crippen molar-refractivity contribution in [3.05, 3.63) is 76.4 Å². The summed E-state index contributed by atoms with van der Waals surface area (Å²) in [4.78, 5) is 15.6. The number of anilines is 1. The van der Waals surface area contributed by atoms with Crippen molar-refractivity contribution in [1.29, 1.82) is 0 Å². The maximum absolute atomic E-state index is 15.2. The molecule has 0 saturated heterocycles. The molecule has 0 bridgehead atoms. The molecule has 1 fully saturated rings. The Bertz CT molecular complexity index is 1340. The van der Waals surface area contributed by atoms with Crippen LogP contribution in [0, 0.1) is 25.6 Å². The number of aliphatic carboxylic acids is 1. The molecule has 5 rings (SSSR count). The minimum absolute atomic E-state index is 0.0152. The van der Waals surface area contributed by atoms with Crippen LogP contribution in [0.4, 0.5) is 10.1 Å². The van der Waals surface area contributed by atoms with E-state index in [0.717, 1.165) is 57.8 Å². The second kappa shape index (κ2) is 10.0. The zero-order valence-electron chi connectivity index (χ0n) is 22.3. The molecule has 2 aliphatic carbocycles. The van der Waals surface area contributed by atoms with Gasteiger partial charge in [-0.25, -0.2) is 4.39 Å². The van der Waals surface area contributed by atoms with Crippen LogP contribution in [0.25, 0.3) is 11.1 Å². The maximum atomic E-state index is 15.2. The van der Waals surface area contributed by atoms with Crippen molar-refractivity contribution in [3.8, 4) is 16.9 Å². The highest BCUT2D eigenvalue weighted by atomic mass is 19.1. The predicted molar refractivity (Wildman–Crippen MR) is 145 cm³/mol. The van der Waals surface area contributed by atoms with Gasteiger partial charge in [0.15, 0.2) is 0 Å². The first-order chi connectivity index (χ1) is 18.0. The number of hydrogen-bond donors (Lipinski definition) is 3. The van der Waals surface area contributed by atoms with E-state index < -0.39 is 11.6 Å². The standard InChI is InChI=1S/C31H35FN2O4/c1-17-13-20(38-12-11-31(3,4)37)14-18(2)28(17)21-6-8-25(32)29-22(21)7-10-27(29)34-19-5-9-26(33-16-19)23-15-24(23)30(35)36/h5-6,8-9,13-14,16,23-24,27,34,37H,7,10-12,15H2,1-4H3,(H,35,36)/t23-,24?,27+/m0/s1. The molecule has 2 aromatic carbocycles. The van der Waals surface area contributed by atoms with Gasteiger partial charge in [0.05, 0.1) is 36.1 Å². The van der Waals surface area contributed by atoms with Gasteiger partial charge in [-0.1, -0.05) is 6.07 Å². The third kappa shape index (κ3) is 5.39. The zero-order chi connectivity index (χ0) is 27.2. The Balaban J connectivity index is 1.36. The smallest absolute Gasteiger partial charge is 0.307 e. The van der Waals surface area contributed by atoms with Gasteiger partial charge in [0.2, 0.25) is 0 Å². The number of fused-ring (bicyclic) bond motifs is 1. The number of nitrogens with zero attached hydrogens (tertiary/aromatic N) is 1. The number of ether oxygens (including phenoxy) is 1. The van der Waals surface area contributed by atoms with Gasteiger partial charge in [-0.15, -0.1) is 0 Å². The van der Waals surface area contributed by atoms with Crippen molar-refractivity contribution in [2.24, 2.45) is 5.92 Å². The average Bonchev–Trinajstić information content (AvgIpc) is 3.54. The summed E-state index contributed by atoms with van der Waals surface area (Å²) >= 11 is 0. The van der Waals surface area contributed by atoms with E-state index in [9.17, 15) is 15.0 Å². The molecular formula is C31H35FN2O4. The quantitative estimate of drug-likeness (QED) is 0.307. The van der Waals surface area contributed by atoms with E-state index in [2.05, 4.69) is 10.3 Å². The molecule has 6 nitrogen and oxygen atoms in total. The van der Waals surface area contributed by atoms with Crippen molar-refractivity contribution < 1.29 is 24.1 Å². The Kier molecular flexibility index (Phi) is 6.90. The Morgan fingerprint density at radius 1 is 1.18 bits per heavy atom. The Labute approximate surface area is 222 Å². The predicted octanol–water partition coefficient (Wildman–Crippen LogP) is 6.33. The fourth-order valence-corrected chi connectivity index (χ4v) is 5.65. The van der Waals surface area contributed by atoms with Gasteiger partial charge >= 0.3 is 5.97 Å². The minimum atomic E-state index is -0.776. The van der Waals surface area contributed by atoms with E-state index >= 15 is 4.39 Å². The molecule has 3 N–H and O–H groups in total. The lowest BCUT2D eigenvalue weighted by atomic mass is 9.90. The monoisotopic (exact) mass is 518 g/mol. The first-order valence-electron chi connectivity index (χ1n) is 13.2. The fourth-order valence-electron chi connectivity index (χ4n) is 5.65. The van der Waals surface area contributed by atoms with Crippen LogP contribution in [0.2, 0.25) is 0 Å². The third-order valence-electron chi connectivity index (χ3n) is 7.71. The van der Waals surface area contributed by atoms with E-state index in [0.29, 0.717) is 25.0 Å². The van der Waals surface area contributed by atoms with Gasteiger partial charge in [-0.3, -0.25) is 9.78 Å². The summed E-state index contributed by atoms with van der Waals surface area (Å²) in [7, 11) is 0. The van der Waals surface area contributed by atoms with Gasteiger partial charge in [0, 0.05) is 23.6 Å². The van der Waals surface area contributed by atoms with Crippen LogP contribution >= 0.6 is 0 Å². The molecule has 2 aliphatic rings. The molecular weight excluding hydrogens is 483 g/mol. The van der Waals surface area contributed by atoms with Crippen molar-refractivity contribution >= 4 is 11.7 Å². The molecule has 0 amide bonds. The molecule has 1 aromatic heterocycles. The number of aryl methyl sites for hydroxylation is 2. The number of carbonyl (C=O) groups is 1. The van der Waals surface area contributed by atoms with Crippen molar-refractivity contribution in [3.63, 3.8) is 0 Å². The van der Waals surface area contributed by atoms with Crippen LogP contribution < -0.4 is 10.1 Å². The van der Waals surface area contributed by atoms with Crippen LogP contribution in [-0.2, 0) is 11.2 Å². The highest BCUT2D eigenvalue weighted by Crippen LogP contribution is 2.47. The summed E-state index contributed by atoms with van der Waals surface area (Å²) in [6, 6.07) is 11.1. The average molecular weight is 519 g/mol. The molecule has 0 spiro atoms. The Hall–Kier alpha value is -3.45. The lowest BCUT2D eigenvalue weighted by molar-refractivity contribution is -0.138. The summed E-state index contributed by atoms with van der Waals surface area (Å²) in [5.41, 5.74) is 6.81. The van der Waals surface area contributed by atoms with Crippen LogP contribution in [0.1, 0.15) is 73.0 Å². The highest BCUT2D eigenvalue weighted by molar-refractivity contribution is 5.77. The highest BCUT2D eigenvalue weighted by Gasteiger charge is 2.45. The first kappa shape index (κ1) is 26.2. The van der Waals surface area contributed by atoms with Crippen molar-refractivity contribution in [2.75, 3.05) is 11.9 Å². The second-order valence-corrected chi connectivity index (χ2v) is 11.3. The zero-order valence-corrected chi connectivity index (χ0v) is 22.3. The van der Waals surface area contributed by atoms with E-state index in [1.165, 1.54) is 0 Å². The van der Waals surface area contributed by atoms with E-state index in [4.69, 9.17) is 4.74 Å². The second-order valence-electron chi connectivity index (χ2n) is 11.3. The molecule has 3 atom stereocenters. The van der Waals surface area contributed by atoms with Crippen LogP contribution in [0.15, 0.2) is 42.6 Å². The van der Waals surface area contributed by atoms with E-state index in [1.54, 1.807) is 26.1 Å². The first-order valence-corrected chi connectivity index (χ1v) is 13.2. The summed E-state index contributed by atoms with van der Waals surface area (Å²) in [5, 5.41) is 22.6. The van der Waals surface area contributed by atoms with Gasteiger partial charge < -0.3 is 20.3 Å². The fraction of sp³-hybridized carbons (Fsp3) is 0.419. The van der Waals surface area contributed by atoms with Gasteiger partial charge in [-0.2, -0.15) is 0 Å². The molecule has 0 aliphatic heterocycles. The van der Waals surface area contributed by atoms with Crippen molar-refractivity contribution in [2.45, 2.75) is 70.9 Å². The Morgan fingerprint density at radius 3 is 2.53 bits per heavy atom. The molecule has 1 saturated carbocycles. The van der Waals surface area contributed by atoms with Crippen molar-refractivity contribution in [1.82, 2.24) is 4.98 Å². The number of hydrogen-bond acceptors (Lipinski definition) is 5. The largest absolute Gasteiger partial charge is 0.493 e. The molecule has 0 radical (unpaired) electrons. The normalized spacial score (nSPS) is 20.2. The number of aromatic nitrogens is 1. The number of carboxylic acid groups (broad SMARTS) is 1. The molecule has 200 valence electrons. The molecule has 1 unspecified atom stereocenters. The van der Waals surface area contributed by atoms with E-state index in [1.807, 2.05) is 44.2 Å². The summed E-state index contributed by atoms with van der Waals surface area (Å²) in [6.45, 7) is 8.06. The van der Waals surface area contributed by atoms with Crippen LogP contribution in [0.5, 0.6) is 5.75 Å². The van der Waals surface area contributed by atoms with Gasteiger partial charge in [0.25, 0.3) is 0 Å². The topological polar surface area (TPSA) is 91.7 Å². The number of carboxylic acids is 1. The summed E-state index contributed by atoms with van der Waals surface area (Å²) in [5.74, 6) is -0.573. The number of nitrogens with one attached hydrogen (secondary N) is 1. The molecule has 38 heavy (non-hydrogen) atoms. The number of rotatable bonds is 9. The number of aliphatic hydroxyl groups is 1. The lowest BCUT2D eigenvalue weighted by Crippen LogP contribution is -2.21. The number of pyridine rings is 1. The number of halogens is 1. The van der Waals surface area contributed by atoms with Gasteiger partial charge in [0.1, 0.15) is 11.6 Å². The Morgan fingerprint density at radius 2 is 1.92 bits per heavy atom. The summed E-state index contributed by atoms with van der Waals surface area (Å²) < 4.78 is 21.1. The number of benzene rings is 2. The SMILES string of the molecule is Cc1cc(OCCC(C)(C)O)cc(C)c1-c1ccc(F)c2c1CC[C@H]2Nc1ccc([C@H]2CC2C(=O)O)nc1. The lowest BCUT2D eigenvalue weighted by Gasteiger charge is -2.20. The molecule has 3 aromatic rings. The molecule has 1 heterocycles. The maximum Gasteiger partial charge on any atom is 0.307 e. The van der Waals surface area contributed by atoms with E-state index in [-0.39, 0.29) is 23.7 Å². The summed E-state index contributed by atoms with van der Waals surface area (Å²) in [6.07, 6.45) is 4.42. The molecule has 7 heteroatoms. The van der Waals surface area contributed by atoms with Gasteiger partial charge in [-0.05, 0) is 105 Å². The van der Waals surface area contributed by atoms with Crippen LogP contribution in [-0.4, -0.2) is 33.4 Å². The third-order valence-corrected chi connectivity index (χ3v) is 7.71. The minimum Gasteiger partial charge on any atom is -0.493 e.